The summed E-state index contributed by atoms with van der Waals surface area (Å²) in [6.07, 6.45) is 0. The van der Waals surface area contributed by atoms with E-state index in [1.54, 1.807) is 0 Å². The Kier molecular flexibility index (Phi) is 3.03. The molecule has 0 amide bonds. The van der Waals surface area contributed by atoms with Gasteiger partial charge in [-0.15, -0.1) is 0 Å². The van der Waals surface area contributed by atoms with Crippen LogP contribution in [0.15, 0.2) is 24.3 Å². The van der Waals surface area contributed by atoms with Crippen molar-refractivity contribution < 1.29 is 34.8 Å². The quantitative estimate of drug-likeness (QED) is 0.669. The van der Waals surface area contributed by atoms with Crippen LogP contribution in [0.5, 0.6) is 5.75 Å². The Balaban J connectivity index is 3.07. The molecule has 7 heteroatoms. The van der Waals surface area contributed by atoms with Gasteiger partial charge in [-0.25, -0.2) is 14.4 Å². The van der Waals surface area contributed by atoms with Crippen LogP contribution in [0.1, 0.15) is 31.1 Å². The molecule has 0 atom stereocenters. The minimum absolute atomic E-state index is 0.144. The van der Waals surface area contributed by atoms with E-state index in [0.717, 1.165) is 24.3 Å². The number of aromatic hydroxyl groups is 1. The summed E-state index contributed by atoms with van der Waals surface area (Å²) in [6.45, 7) is 0. The first-order valence-corrected chi connectivity index (χ1v) is 5.32. The van der Waals surface area contributed by atoms with Crippen molar-refractivity contribution in [2.24, 2.45) is 0 Å². The lowest BCUT2D eigenvalue weighted by Gasteiger charge is -2.10. The number of phenols is 1. The number of aromatic carboxylic acids is 3. The summed E-state index contributed by atoms with van der Waals surface area (Å²) in [5.74, 6) is -4.66. The molecule has 0 bridgehead atoms. The molecule has 2 aromatic carbocycles. The zero-order valence-corrected chi connectivity index (χ0v) is 9.82. The van der Waals surface area contributed by atoms with Crippen molar-refractivity contribution in [2.45, 2.75) is 0 Å². The van der Waals surface area contributed by atoms with Crippen LogP contribution in [0.3, 0.4) is 0 Å². The van der Waals surface area contributed by atoms with Gasteiger partial charge in [-0.05, 0) is 24.3 Å². The SMILES string of the molecule is O=C(O)c1ccc(C(=O)O)c2c(C(=O)O)cc(O)cc12. The van der Waals surface area contributed by atoms with Gasteiger partial charge in [0.05, 0.1) is 16.7 Å². The molecule has 0 fully saturated rings. The third kappa shape index (κ3) is 2.01. The largest absolute Gasteiger partial charge is 0.508 e. The third-order valence-electron chi connectivity index (χ3n) is 2.79. The van der Waals surface area contributed by atoms with Gasteiger partial charge >= 0.3 is 17.9 Å². The lowest BCUT2D eigenvalue weighted by Crippen LogP contribution is -2.07. The number of hydrogen-bond donors (Lipinski definition) is 4. The number of hydrogen-bond acceptors (Lipinski definition) is 4. The smallest absolute Gasteiger partial charge is 0.336 e. The maximum absolute atomic E-state index is 11.2. The zero-order chi connectivity index (χ0) is 15.0. The van der Waals surface area contributed by atoms with Crippen LogP contribution >= 0.6 is 0 Å². The molecule has 0 radical (unpaired) electrons. The van der Waals surface area contributed by atoms with Gasteiger partial charge in [0.2, 0.25) is 0 Å². The summed E-state index contributed by atoms with van der Waals surface area (Å²) in [6, 6.07) is 3.98. The van der Waals surface area contributed by atoms with Crippen LogP contribution in [-0.4, -0.2) is 38.3 Å². The molecule has 0 aliphatic rings. The van der Waals surface area contributed by atoms with Crippen LogP contribution in [0, 0.1) is 0 Å². The summed E-state index contributed by atoms with van der Waals surface area (Å²) in [7, 11) is 0. The lowest BCUT2D eigenvalue weighted by molar-refractivity contribution is 0.0681. The van der Waals surface area contributed by atoms with Crippen molar-refractivity contribution in [1.29, 1.82) is 0 Å². The van der Waals surface area contributed by atoms with Crippen LogP contribution in [0.25, 0.3) is 10.8 Å². The van der Waals surface area contributed by atoms with Gasteiger partial charge in [0.15, 0.2) is 0 Å². The Morgan fingerprint density at radius 3 is 1.75 bits per heavy atom. The number of phenolic OH excluding ortho intramolecular Hbond substituents is 1. The first kappa shape index (κ1) is 13.3. The molecule has 0 unspecified atom stereocenters. The molecule has 2 aromatic rings. The monoisotopic (exact) mass is 276 g/mol. The van der Waals surface area contributed by atoms with E-state index in [1.807, 2.05) is 0 Å². The van der Waals surface area contributed by atoms with Crippen LogP contribution in [0.2, 0.25) is 0 Å². The Morgan fingerprint density at radius 2 is 1.25 bits per heavy atom. The van der Waals surface area contributed by atoms with E-state index >= 15 is 0 Å². The van der Waals surface area contributed by atoms with E-state index in [4.69, 9.17) is 15.3 Å². The molecule has 0 saturated carbocycles. The van der Waals surface area contributed by atoms with Crippen molar-refractivity contribution >= 4 is 28.7 Å². The lowest BCUT2D eigenvalue weighted by atomic mass is 9.95. The van der Waals surface area contributed by atoms with E-state index in [9.17, 15) is 19.5 Å². The van der Waals surface area contributed by atoms with E-state index in [-0.39, 0.29) is 21.9 Å². The number of carboxylic acids is 3. The van der Waals surface area contributed by atoms with Gasteiger partial charge in [0.25, 0.3) is 0 Å². The fourth-order valence-electron chi connectivity index (χ4n) is 2.00. The zero-order valence-electron chi connectivity index (χ0n) is 9.82. The molecular formula is C13H8O7. The molecule has 20 heavy (non-hydrogen) atoms. The second-order valence-corrected chi connectivity index (χ2v) is 3.99. The average Bonchev–Trinajstić information content (AvgIpc) is 2.35. The second-order valence-electron chi connectivity index (χ2n) is 3.99. The molecule has 0 spiro atoms. The van der Waals surface area contributed by atoms with Crippen molar-refractivity contribution in [3.8, 4) is 5.75 Å². The van der Waals surface area contributed by atoms with Crippen LogP contribution in [0.4, 0.5) is 0 Å². The molecular weight excluding hydrogens is 268 g/mol. The molecule has 0 saturated heterocycles. The normalized spacial score (nSPS) is 10.4. The summed E-state index contributed by atoms with van der Waals surface area (Å²) in [4.78, 5) is 33.4. The predicted molar refractivity (Wildman–Crippen MR) is 66.5 cm³/mol. The highest BCUT2D eigenvalue weighted by molar-refractivity contribution is 6.17. The minimum atomic E-state index is -1.46. The van der Waals surface area contributed by atoms with Gasteiger partial charge in [-0.2, -0.15) is 0 Å². The van der Waals surface area contributed by atoms with Gasteiger partial charge in [0.1, 0.15) is 5.75 Å². The molecule has 0 aliphatic heterocycles. The summed E-state index contributed by atoms with van der Waals surface area (Å²) < 4.78 is 0. The molecule has 0 aliphatic carbocycles. The Hall–Kier alpha value is -3.09. The third-order valence-corrected chi connectivity index (χ3v) is 2.79. The van der Waals surface area contributed by atoms with E-state index in [0.29, 0.717) is 0 Å². The van der Waals surface area contributed by atoms with Crippen LogP contribution < -0.4 is 0 Å². The van der Waals surface area contributed by atoms with E-state index < -0.39 is 29.2 Å². The number of carbonyl (C=O) groups is 3. The molecule has 102 valence electrons. The number of benzene rings is 2. The number of fused-ring (bicyclic) bond motifs is 1. The number of carboxylic acid groups (broad SMARTS) is 3. The van der Waals surface area contributed by atoms with Crippen molar-refractivity contribution in [3.63, 3.8) is 0 Å². The summed E-state index contributed by atoms with van der Waals surface area (Å²) >= 11 is 0. The Bertz CT molecular complexity index is 761. The van der Waals surface area contributed by atoms with Crippen molar-refractivity contribution in [2.75, 3.05) is 0 Å². The summed E-state index contributed by atoms with van der Waals surface area (Å²) in [5, 5.41) is 36.3. The Morgan fingerprint density at radius 1 is 0.750 bits per heavy atom. The highest BCUT2D eigenvalue weighted by Crippen LogP contribution is 2.30. The molecule has 4 N–H and O–H groups in total. The highest BCUT2D eigenvalue weighted by atomic mass is 16.4. The maximum Gasteiger partial charge on any atom is 0.336 e. The van der Waals surface area contributed by atoms with Gasteiger partial charge in [0, 0.05) is 10.8 Å². The number of rotatable bonds is 3. The molecule has 0 heterocycles. The minimum Gasteiger partial charge on any atom is -0.508 e. The van der Waals surface area contributed by atoms with E-state index in [2.05, 4.69) is 0 Å². The second kappa shape index (κ2) is 4.54. The average molecular weight is 276 g/mol. The summed E-state index contributed by atoms with van der Waals surface area (Å²) in [5.41, 5.74) is -1.11. The fourth-order valence-corrected chi connectivity index (χ4v) is 2.00. The van der Waals surface area contributed by atoms with E-state index in [1.165, 1.54) is 0 Å². The van der Waals surface area contributed by atoms with Crippen molar-refractivity contribution in [1.82, 2.24) is 0 Å². The predicted octanol–water partition coefficient (Wildman–Crippen LogP) is 1.64. The fraction of sp³-hybridized carbons (Fsp3) is 0. The highest BCUT2D eigenvalue weighted by Gasteiger charge is 2.21. The molecule has 2 rings (SSSR count). The van der Waals surface area contributed by atoms with Gasteiger partial charge < -0.3 is 20.4 Å². The first-order chi connectivity index (χ1) is 9.32. The molecule has 0 aromatic heterocycles. The van der Waals surface area contributed by atoms with Crippen molar-refractivity contribution in [3.05, 3.63) is 41.0 Å². The van der Waals surface area contributed by atoms with Gasteiger partial charge in [-0.3, -0.25) is 0 Å². The van der Waals surface area contributed by atoms with Crippen LogP contribution in [-0.2, 0) is 0 Å². The topological polar surface area (TPSA) is 132 Å². The molecule has 7 nitrogen and oxygen atoms in total. The van der Waals surface area contributed by atoms with Gasteiger partial charge in [-0.1, -0.05) is 0 Å². The Labute approximate surface area is 111 Å². The standard InChI is InChI=1S/C13H8O7/c14-5-3-8-6(11(15)16)1-2-7(12(17)18)10(8)9(4-5)13(19)20/h1-4,14H,(H,15,16)(H,17,18)(H,19,20). The maximum atomic E-state index is 11.2. The first-order valence-electron chi connectivity index (χ1n) is 5.32.